The fraction of sp³-hybridized carbons (Fsp3) is 0.400. The predicted molar refractivity (Wildman–Crippen MR) is 234 cm³/mol. The normalized spacial score (nSPS) is 12.9. The summed E-state index contributed by atoms with van der Waals surface area (Å²) in [5.74, 6) is 2.31. The molecule has 0 atom stereocenters. The Bertz CT molecular complexity index is 2160. The third kappa shape index (κ3) is 8.13. The van der Waals surface area contributed by atoms with E-state index in [0.29, 0.717) is 5.75 Å². The molecule has 0 radical (unpaired) electrons. The van der Waals surface area contributed by atoms with Gasteiger partial charge in [0.2, 0.25) is 0 Å². The first-order chi connectivity index (χ1) is 25.5. The first kappa shape index (κ1) is 39.6. The van der Waals surface area contributed by atoms with Gasteiger partial charge >= 0.3 is 8.60 Å². The van der Waals surface area contributed by atoms with Crippen LogP contribution in [0.15, 0.2) is 103 Å². The third-order valence-electron chi connectivity index (χ3n) is 12.7. The zero-order valence-corrected chi connectivity index (χ0v) is 35.7. The molecule has 0 aromatic heterocycles. The van der Waals surface area contributed by atoms with Crippen LogP contribution in [0.5, 0.6) is 17.2 Å². The van der Waals surface area contributed by atoms with E-state index in [0.717, 1.165) is 69.9 Å². The summed E-state index contributed by atoms with van der Waals surface area (Å²) in [6.07, 6.45) is 4.06. The summed E-state index contributed by atoms with van der Waals surface area (Å²) in [6, 6.07) is 37.4. The van der Waals surface area contributed by atoms with Crippen molar-refractivity contribution in [1.29, 1.82) is 0 Å². The minimum absolute atomic E-state index is 0.0945. The molecule has 0 amide bonds. The van der Waals surface area contributed by atoms with E-state index in [-0.39, 0.29) is 21.7 Å². The fourth-order valence-corrected chi connectivity index (χ4v) is 7.94. The minimum atomic E-state index is -1.95. The van der Waals surface area contributed by atoms with Crippen molar-refractivity contribution in [3.05, 3.63) is 125 Å². The van der Waals surface area contributed by atoms with E-state index >= 15 is 0 Å². The van der Waals surface area contributed by atoms with Crippen molar-refractivity contribution in [1.82, 2.24) is 0 Å². The highest BCUT2D eigenvalue weighted by Crippen LogP contribution is 2.50. The Kier molecular flexibility index (Phi) is 11.2. The van der Waals surface area contributed by atoms with Gasteiger partial charge in [0.15, 0.2) is 0 Å². The minimum Gasteiger partial charge on any atom is -0.408 e. The maximum absolute atomic E-state index is 7.09. The van der Waals surface area contributed by atoms with Gasteiger partial charge in [0.05, 0.1) is 0 Å². The molecule has 0 spiro atoms. The van der Waals surface area contributed by atoms with Gasteiger partial charge in [0, 0.05) is 11.1 Å². The highest BCUT2D eigenvalue weighted by molar-refractivity contribution is 7.43. The molecule has 0 saturated heterocycles. The Labute approximate surface area is 326 Å². The maximum Gasteiger partial charge on any atom is 0.530 e. The van der Waals surface area contributed by atoms with Crippen molar-refractivity contribution in [2.24, 2.45) is 0 Å². The average molecular weight is 741 g/mol. The molecule has 3 nitrogen and oxygen atoms in total. The molecule has 6 aromatic carbocycles. The fourth-order valence-electron chi connectivity index (χ4n) is 6.92. The van der Waals surface area contributed by atoms with E-state index in [1.807, 2.05) is 6.07 Å². The molecule has 284 valence electrons. The van der Waals surface area contributed by atoms with Gasteiger partial charge in [-0.05, 0) is 127 Å². The summed E-state index contributed by atoms with van der Waals surface area (Å²) in [6.45, 7) is 27.5. The molecule has 4 heteroatoms. The lowest BCUT2D eigenvalue weighted by Gasteiger charge is -2.30. The molecule has 0 heterocycles. The smallest absolute Gasteiger partial charge is 0.408 e. The van der Waals surface area contributed by atoms with E-state index in [9.17, 15) is 0 Å². The van der Waals surface area contributed by atoms with Crippen LogP contribution in [0.25, 0.3) is 32.3 Å². The van der Waals surface area contributed by atoms with Gasteiger partial charge in [0.25, 0.3) is 0 Å². The summed E-state index contributed by atoms with van der Waals surface area (Å²) in [5, 5.41) is 7.01. The molecule has 0 aliphatic rings. The Balaban J connectivity index is 1.50. The molecule has 0 saturated carbocycles. The van der Waals surface area contributed by atoms with Gasteiger partial charge in [-0.1, -0.05) is 150 Å². The first-order valence-electron chi connectivity index (χ1n) is 20.0. The van der Waals surface area contributed by atoms with Crippen molar-refractivity contribution >= 4 is 40.9 Å². The largest absolute Gasteiger partial charge is 0.530 e. The standard InChI is InChI=1S/C50H61O3P/c1-13-47(5,6)40-24-21-36-32-45(43(30-38(36)27-40)49(9,10)15-3)52-54(51-42-26-23-34-19-17-18-20-35(34)29-42)53-46-33-37-22-25-41(48(7,8)14-2)28-39(37)31-44(46)50(11,12)16-4/h17-33H,13-16H2,1-12H3. The second kappa shape index (κ2) is 15.2. The van der Waals surface area contributed by atoms with Crippen molar-refractivity contribution in [3.8, 4) is 17.2 Å². The quantitative estimate of drug-likeness (QED) is 0.104. The van der Waals surface area contributed by atoms with Crippen molar-refractivity contribution in [2.75, 3.05) is 0 Å². The molecular formula is C50H61O3P. The molecule has 0 unspecified atom stereocenters. The lowest BCUT2D eigenvalue weighted by Crippen LogP contribution is -2.19. The monoisotopic (exact) mass is 740 g/mol. The number of rotatable bonds is 14. The van der Waals surface area contributed by atoms with E-state index in [1.165, 1.54) is 21.9 Å². The maximum atomic E-state index is 7.09. The highest BCUT2D eigenvalue weighted by Gasteiger charge is 2.32. The summed E-state index contributed by atoms with van der Waals surface area (Å²) >= 11 is 0. The van der Waals surface area contributed by atoms with Crippen molar-refractivity contribution < 1.29 is 13.6 Å². The van der Waals surface area contributed by atoms with Crippen LogP contribution in [-0.4, -0.2) is 0 Å². The SMILES string of the molecule is CCC(C)(C)c1ccc2cc(OP(Oc3ccc4ccccc4c3)Oc3cc4ccc(C(C)(C)CC)cc4cc3C(C)(C)CC)c(C(C)(C)CC)cc2c1. The Morgan fingerprint density at radius 2 is 0.796 bits per heavy atom. The zero-order chi connectivity index (χ0) is 39.1. The second-order valence-electron chi connectivity index (χ2n) is 17.8. The molecule has 0 N–H and O–H groups in total. The van der Waals surface area contributed by atoms with Crippen molar-refractivity contribution in [2.45, 2.75) is 130 Å². The number of fused-ring (bicyclic) bond motifs is 3. The van der Waals surface area contributed by atoms with Crippen LogP contribution in [0.2, 0.25) is 0 Å². The second-order valence-corrected chi connectivity index (χ2v) is 18.8. The van der Waals surface area contributed by atoms with Crippen LogP contribution < -0.4 is 13.6 Å². The van der Waals surface area contributed by atoms with E-state index < -0.39 is 8.60 Å². The average Bonchev–Trinajstić information content (AvgIpc) is 3.16. The van der Waals surface area contributed by atoms with Gasteiger partial charge in [-0.25, -0.2) is 0 Å². The van der Waals surface area contributed by atoms with Crippen LogP contribution in [0, 0.1) is 0 Å². The van der Waals surface area contributed by atoms with Gasteiger partial charge in [-0.2, -0.15) is 0 Å². The Morgan fingerprint density at radius 3 is 1.24 bits per heavy atom. The molecule has 0 fully saturated rings. The predicted octanol–water partition coefficient (Wildman–Crippen LogP) is 15.7. The lowest BCUT2D eigenvalue weighted by molar-refractivity contribution is 0.373. The molecule has 0 bridgehead atoms. The van der Waals surface area contributed by atoms with Crippen LogP contribution in [0.3, 0.4) is 0 Å². The number of benzene rings is 6. The molecule has 0 aliphatic heterocycles. The van der Waals surface area contributed by atoms with Gasteiger partial charge < -0.3 is 13.6 Å². The summed E-state index contributed by atoms with van der Waals surface area (Å²) in [7, 11) is -1.95. The molecule has 54 heavy (non-hydrogen) atoms. The number of hydrogen-bond donors (Lipinski definition) is 0. The van der Waals surface area contributed by atoms with Crippen molar-refractivity contribution in [3.63, 3.8) is 0 Å². The molecule has 0 aliphatic carbocycles. The van der Waals surface area contributed by atoms with Gasteiger partial charge in [-0.3, -0.25) is 0 Å². The zero-order valence-electron chi connectivity index (χ0n) is 34.8. The van der Waals surface area contributed by atoms with Gasteiger partial charge in [0.1, 0.15) is 17.2 Å². The Hall–Kier alpha value is -4.07. The van der Waals surface area contributed by atoms with Crippen LogP contribution >= 0.6 is 8.60 Å². The molecular weight excluding hydrogens is 680 g/mol. The Morgan fingerprint density at radius 1 is 0.389 bits per heavy atom. The molecule has 6 aromatic rings. The summed E-state index contributed by atoms with van der Waals surface area (Å²) in [4.78, 5) is 0. The highest BCUT2D eigenvalue weighted by atomic mass is 31.2. The van der Waals surface area contributed by atoms with Gasteiger partial charge in [-0.15, -0.1) is 0 Å². The lowest BCUT2D eigenvalue weighted by atomic mass is 9.79. The number of hydrogen-bond acceptors (Lipinski definition) is 3. The first-order valence-corrected chi connectivity index (χ1v) is 21.1. The third-order valence-corrected chi connectivity index (χ3v) is 13.7. The topological polar surface area (TPSA) is 27.7 Å². The van der Waals surface area contributed by atoms with Crippen LogP contribution in [0.1, 0.15) is 131 Å². The summed E-state index contributed by atoms with van der Waals surface area (Å²) < 4.78 is 21.0. The van der Waals surface area contributed by atoms with Crippen LogP contribution in [0.4, 0.5) is 0 Å². The van der Waals surface area contributed by atoms with E-state index in [2.05, 4.69) is 180 Å². The summed E-state index contributed by atoms with van der Waals surface area (Å²) in [5.41, 5.74) is 4.91. The molecule has 6 rings (SSSR count). The van der Waals surface area contributed by atoms with E-state index in [1.54, 1.807) is 0 Å². The van der Waals surface area contributed by atoms with Crippen LogP contribution in [-0.2, 0) is 21.7 Å². The van der Waals surface area contributed by atoms with E-state index in [4.69, 9.17) is 13.6 Å².